The van der Waals surface area contributed by atoms with Gasteiger partial charge in [0, 0.05) is 18.4 Å². The summed E-state index contributed by atoms with van der Waals surface area (Å²) in [6, 6.07) is 7.83. The number of carbonyl (C=O) groups is 2. The van der Waals surface area contributed by atoms with Crippen molar-refractivity contribution in [1.82, 2.24) is 9.62 Å². The molecule has 20 heavy (non-hydrogen) atoms. The van der Waals surface area contributed by atoms with Gasteiger partial charge in [-0.3, -0.25) is 9.59 Å². The van der Waals surface area contributed by atoms with Crippen molar-refractivity contribution >= 4 is 23.8 Å². The SMILES string of the molecule is CCOC(=O)CN(C)Sc1ccc(CNC(C)=O)cc1. The summed E-state index contributed by atoms with van der Waals surface area (Å²) in [5.74, 6) is -0.276. The van der Waals surface area contributed by atoms with Crippen molar-refractivity contribution in [1.29, 1.82) is 0 Å². The Kier molecular flexibility index (Phi) is 7.11. The van der Waals surface area contributed by atoms with Crippen LogP contribution in [0, 0.1) is 0 Å². The number of ether oxygens (including phenoxy) is 1. The summed E-state index contributed by atoms with van der Waals surface area (Å²) in [7, 11) is 1.84. The van der Waals surface area contributed by atoms with Gasteiger partial charge in [0.25, 0.3) is 0 Å². The van der Waals surface area contributed by atoms with Crippen LogP contribution in [-0.2, 0) is 20.9 Å². The van der Waals surface area contributed by atoms with Gasteiger partial charge in [0.05, 0.1) is 6.61 Å². The molecule has 110 valence electrons. The highest BCUT2D eigenvalue weighted by Crippen LogP contribution is 2.21. The van der Waals surface area contributed by atoms with Gasteiger partial charge < -0.3 is 10.1 Å². The number of rotatable bonds is 7. The van der Waals surface area contributed by atoms with Gasteiger partial charge in [-0.2, -0.15) is 0 Å². The van der Waals surface area contributed by atoms with E-state index in [0.29, 0.717) is 13.2 Å². The third-order valence-corrected chi connectivity index (χ3v) is 3.31. The van der Waals surface area contributed by atoms with Crippen LogP contribution in [0.4, 0.5) is 0 Å². The van der Waals surface area contributed by atoms with Gasteiger partial charge in [-0.05, 0) is 43.6 Å². The van der Waals surface area contributed by atoms with Crippen LogP contribution in [0.5, 0.6) is 0 Å². The van der Waals surface area contributed by atoms with Gasteiger partial charge in [-0.25, -0.2) is 4.31 Å². The molecule has 0 aliphatic heterocycles. The molecule has 6 heteroatoms. The van der Waals surface area contributed by atoms with Crippen molar-refractivity contribution in [2.75, 3.05) is 20.2 Å². The smallest absolute Gasteiger partial charge is 0.321 e. The maximum absolute atomic E-state index is 11.3. The number of esters is 1. The van der Waals surface area contributed by atoms with E-state index in [0.717, 1.165) is 10.5 Å². The zero-order chi connectivity index (χ0) is 15.0. The van der Waals surface area contributed by atoms with Crippen LogP contribution < -0.4 is 5.32 Å². The first-order valence-corrected chi connectivity index (χ1v) is 7.16. The number of nitrogens with one attached hydrogen (secondary N) is 1. The molecule has 5 nitrogen and oxygen atoms in total. The maximum atomic E-state index is 11.3. The molecule has 1 aromatic carbocycles. The quantitative estimate of drug-likeness (QED) is 0.614. The van der Waals surface area contributed by atoms with Crippen LogP contribution in [0.3, 0.4) is 0 Å². The number of hydrogen-bond acceptors (Lipinski definition) is 5. The summed E-state index contributed by atoms with van der Waals surface area (Å²) < 4.78 is 6.71. The Bertz CT molecular complexity index is 448. The van der Waals surface area contributed by atoms with E-state index in [1.54, 1.807) is 6.92 Å². The second-order valence-corrected chi connectivity index (χ2v) is 5.51. The fourth-order valence-electron chi connectivity index (χ4n) is 1.50. The Morgan fingerprint density at radius 1 is 1.30 bits per heavy atom. The number of carbonyl (C=O) groups excluding carboxylic acids is 2. The molecule has 0 atom stereocenters. The summed E-state index contributed by atoms with van der Waals surface area (Å²) >= 11 is 1.48. The maximum Gasteiger partial charge on any atom is 0.321 e. The fourth-order valence-corrected chi connectivity index (χ4v) is 2.28. The van der Waals surface area contributed by atoms with E-state index in [-0.39, 0.29) is 18.4 Å². The molecule has 0 fully saturated rings. The lowest BCUT2D eigenvalue weighted by Gasteiger charge is -2.14. The Morgan fingerprint density at radius 2 is 1.95 bits per heavy atom. The van der Waals surface area contributed by atoms with Gasteiger partial charge >= 0.3 is 5.97 Å². The summed E-state index contributed by atoms with van der Waals surface area (Å²) in [6.45, 7) is 4.45. The molecule has 1 amide bonds. The number of amides is 1. The molecule has 0 bridgehead atoms. The number of hydrogen-bond donors (Lipinski definition) is 1. The molecule has 0 aliphatic carbocycles. The Hall–Kier alpha value is -1.53. The second-order valence-electron chi connectivity index (χ2n) is 4.24. The molecule has 0 spiro atoms. The highest BCUT2D eigenvalue weighted by atomic mass is 32.2. The number of likely N-dealkylation sites (N-methyl/N-ethyl adjacent to an activating group) is 1. The summed E-state index contributed by atoms with van der Waals surface area (Å²) in [6.07, 6.45) is 0. The van der Waals surface area contributed by atoms with Gasteiger partial charge in [0.1, 0.15) is 6.54 Å². The van der Waals surface area contributed by atoms with Gasteiger partial charge in [-0.15, -0.1) is 0 Å². The first-order valence-electron chi connectivity index (χ1n) is 6.39. The highest BCUT2D eigenvalue weighted by Gasteiger charge is 2.08. The Morgan fingerprint density at radius 3 is 2.50 bits per heavy atom. The monoisotopic (exact) mass is 296 g/mol. The predicted molar refractivity (Wildman–Crippen MR) is 79.1 cm³/mol. The Labute approximate surface area is 123 Å². The van der Waals surface area contributed by atoms with E-state index in [2.05, 4.69) is 5.32 Å². The summed E-state index contributed by atoms with van der Waals surface area (Å²) in [4.78, 5) is 23.2. The standard InChI is InChI=1S/C14H20N2O3S/c1-4-19-14(18)10-16(3)20-13-7-5-12(6-8-13)9-15-11(2)17/h5-8H,4,9-10H2,1-3H3,(H,15,17). The fraction of sp³-hybridized carbons (Fsp3) is 0.429. The molecular weight excluding hydrogens is 276 g/mol. The molecular formula is C14H20N2O3S. The highest BCUT2D eigenvalue weighted by molar-refractivity contribution is 7.97. The number of benzene rings is 1. The molecule has 0 aromatic heterocycles. The molecule has 0 radical (unpaired) electrons. The van der Waals surface area contributed by atoms with Crippen LogP contribution in [-0.4, -0.2) is 36.4 Å². The van der Waals surface area contributed by atoms with E-state index in [4.69, 9.17) is 4.74 Å². The van der Waals surface area contributed by atoms with Crippen LogP contribution in [0.2, 0.25) is 0 Å². The molecule has 0 unspecified atom stereocenters. The minimum absolute atomic E-state index is 0.0439. The lowest BCUT2D eigenvalue weighted by Crippen LogP contribution is -2.21. The van der Waals surface area contributed by atoms with Crippen molar-refractivity contribution in [2.45, 2.75) is 25.3 Å². The Balaban J connectivity index is 2.44. The zero-order valence-electron chi connectivity index (χ0n) is 12.0. The third-order valence-electron chi connectivity index (χ3n) is 2.38. The van der Waals surface area contributed by atoms with E-state index in [1.807, 2.05) is 35.6 Å². The average molecular weight is 296 g/mol. The first-order chi connectivity index (χ1) is 9.51. The van der Waals surface area contributed by atoms with Gasteiger partial charge in [-0.1, -0.05) is 12.1 Å². The second kappa shape index (κ2) is 8.60. The van der Waals surface area contributed by atoms with Crippen molar-refractivity contribution in [3.05, 3.63) is 29.8 Å². The van der Waals surface area contributed by atoms with Crippen molar-refractivity contribution in [2.24, 2.45) is 0 Å². The van der Waals surface area contributed by atoms with Crippen molar-refractivity contribution in [3.63, 3.8) is 0 Å². The molecule has 0 aliphatic rings. The van der Waals surface area contributed by atoms with Crippen LogP contribution in [0.1, 0.15) is 19.4 Å². The zero-order valence-corrected chi connectivity index (χ0v) is 12.8. The van der Waals surface area contributed by atoms with E-state index in [9.17, 15) is 9.59 Å². The van der Waals surface area contributed by atoms with E-state index in [1.165, 1.54) is 18.9 Å². The molecule has 0 heterocycles. The lowest BCUT2D eigenvalue weighted by atomic mass is 10.2. The predicted octanol–water partition coefficient (Wildman–Crippen LogP) is 1.82. The molecule has 1 N–H and O–H groups in total. The van der Waals surface area contributed by atoms with Gasteiger partial charge in [0.2, 0.25) is 5.91 Å². The van der Waals surface area contributed by atoms with Crippen molar-refractivity contribution < 1.29 is 14.3 Å². The minimum atomic E-state index is -0.232. The van der Waals surface area contributed by atoms with Crippen LogP contribution in [0.15, 0.2) is 29.2 Å². The third kappa shape index (κ3) is 6.58. The van der Waals surface area contributed by atoms with E-state index < -0.39 is 0 Å². The lowest BCUT2D eigenvalue weighted by molar-refractivity contribution is -0.142. The first kappa shape index (κ1) is 16.5. The van der Waals surface area contributed by atoms with Crippen LogP contribution in [0.25, 0.3) is 0 Å². The topological polar surface area (TPSA) is 58.6 Å². The average Bonchev–Trinajstić information content (AvgIpc) is 2.37. The molecule has 1 aromatic rings. The molecule has 0 saturated carbocycles. The van der Waals surface area contributed by atoms with Crippen molar-refractivity contribution in [3.8, 4) is 0 Å². The largest absolute Gasteiger partial charge is 0.465 e. The summed E-state index contributed by atoms with van der Waals surface area (Å²) in [5.41, 5.74) is 1.04. The number of nitrogens with zero attached hydrogens (tertiary/aromatic N) is 1. The normalized spacial score (nSPS) is 10.4. The van der Waals surface area contributed by atoms with E-state index >= 15 is 0 Å². The summed E-state index contributed by atoms with van der Waals surface area (Å²) in [5, 5.41) is 2.74. The molecule has 1 rings (SSSR count). The minimum Gasteiger partial charge on any atom is -0.465 e. The van der Waals surface area contributed by atoms with Gasteiger partial charge in [0.15, 0.2) is 0 Å². The van der Waals surface area contributed by atoms with Crippen LogP contribution >= 0.6 is 11.9 Å². The molecule has 0 saturated heterocycles.